The molecular weight excluding hydrogens is 342 g/mol. The molecule has 0 saturated carbocycles. The van der Waals surface area contributed by atoms with Gasteiger partial charge in [-0.2, -0.15) is 0 Å². The second-order valence-corrected chi connectivity index (χ2v) is 7.79. The Hall–Kier alpha value is -1.82. The number of aryl methyl sites for hydroxylation is 1. The number of ether oxygens (including phenoxy) is 1. The molecule has 1 saturated heterocycles. The number of amides is 2. The molecule has 0 N–H and O–H groups in total. The molecule has 2 heterocycles. The first-order valence-corrected chi connectivity index (χ1v) is 8.84. The van der Waals surface area contributed by atoms with Gasteiger partial charge in [-0.15, -0.1) is 0 Å². The maximum atomic E-state index is 12.7. The average molecular weight is 368 g/mol. The number of likely N-dealkylation sites (N-methyl/N-ethyl adjacent to an activating group) is 1. The van der Waals surface area contributed by atoms with E-state index in [0.717, 1.165) is 18.5 Å². The number of carbonyl (C=O) groups is 2. The number of hydrogen-bond donors (Lipinski definition) is 0. The van der Waals surface area contributed by atoms with Crippen LogP contribution >= 0.6 is 11.6 Å². The molecule has 0 spiro atoms. The van der Waals surface area contributed by atoms with Crippen molar-refractivity contribution in [3.8, 4) is 0 Å². The molecule has 2 rings (SSSR count). The molecule has 138 valence electrons. The zero-order chi connectivity index (χ0) is 18.8. The fourth-order valence-corrected chi connectivity index (χ4v) is 3.08. The Morgan fingerprint density at radius 1 is 1.36 bits per heavy atom. The van der Waals surface area contributed by atoms with Crippen LogP contribution in [-0.2, 0) is 4.74 Å². The molecule has 7 heteroatoms. The van der Waals surface area contributed by atoms with E-state index in [1.807, 2.05) is 27.7 Å². The molecule has 0 radical (unpaired) electrons. The van der Waals surface area contributed by atoms with Crippen molar-refractivity contribution in [2.24, 2.45) is 0 Å². The van der Waals surface area contributed by atoms with Crippen molar-refractivity contribution >= 4 is 23.6 Å². The quantitative estimate of drug-likeness (QED) is 0.750. The Balaban J connectivity index is 2.07. The Labute approximate surface area is 154 Å². The van der Waals surface area contributed by atoms with Gasteiger partial charge in [0, 0.05) is 31.9 Å². The number of nitrogens with zero attached hydrogens (tertiary/aromatic N) is 3. The molecule has 0 bridgehead atoms. The van der Waals surface area contributed by atoms with E-state index in [4.69, 9.17) is 16.3 Å². The van der Waals surface area contributed by atoms with Gasteiger partial charge in [0.05, 0.1) is 5.56 Å². The van der Waals surface area contributed by atoms with Crippen molar-refractivity contribution in [1.29, 1.82) is 0 Å². The highest BCUT2D eigenvalue weighted by Gasteiger charge is 2.31. The summed E-state index contributed by atoms with van der Waals surface area (Å²) in [5, 5.41) is 0.205. The van der Waals surface area contributed by atoms with Crippen molar-refractivity contribution in [2.45, 2.75) is 52.2 Å². The van der Waals surface area contributed by atoms with Gasteiger partial charge in [-0.3, -0.25) is 4.79 Å². The number of aromatic nitrogens is 1. The Kier molecular flexibility index (Phi) is 5.93. The molecule has 1 aliphatic rings. The predicted octanol–water partition coefficient (Wildman–Crippen LogP) is 3.51. The van der Waals surface area contributed by atoms with Crippen molar-refractivity contribution < 1.29 is 14.3 Å². The number of likely N-dealkylation sites (tertiary alicyclic amines) is 1. The summed E-state index contributed by atoms with van der Waals surface area (Å²) in [4.78, 5) is 32.5. The maximum Gasteiger partial charge on any atom is 0.410 e. The first-order chi connectivity index (χ1) is 11.6. The van der Waals surface area contributed by atoms with Crippen molar-refractivity contribution in [3.63, 3.8) is 0 Å². The van der Waals surface area contributed by atoms with Gasteiger partial charge in [-0.05, 0) is 52.7 Å². The minimum Gasteiger partial charge on any atom is -0.444 e. The largest absolute Gasteiger partial charge is 0.444 e. The van der Waals surface area contributed by atoms with Gasteiger partial charge in [0.2, 0.25) is 0 Å². The van der Waals surface area contributed by atoms with E-state index in [9.17, 15) is 9.59 Å². The number of carbonyl (C=O) groups excluding carboxylic acids is 2. The van der Waals surface area contributed by atoms with Crippen LogP contribution in [-0.4, -0.2) is 58.6 Å². The van der Waals surface area contributed by atoms with Crippen LogP contribution < -0.4 is 0 Å². The topological polar surface area (TPSA) is 62.7 Å². The normalized spacial score (nSPS) is 18.0. The molecule has 1 fully saturated rings. The minimum atomic E-state index is -0.535. The summed E-state index contributed by atoms with van der Waals surface area (Å²) in [6, 6.07) is 3.38. The van der Waals surface area contributed by atoms with Gasteiger partial charge in [0.15, 0.2) is 0 Å². The highest BCUT2D eigenvalue weighted by atomic mass is 35.5. The lowest BCUT2D eigenvalue weighted by molar-refractivity contribution is 0.0123. The summed E-state index contributed by atoms with van der Waals surface area (Å²) in [5.74, 6) is -0.187. The lowest BCUT2D eigenvalue weighted by Gasteiger charge is -2.38. The SMILES string of the molecule is Cc1ccc(C(=O)N(C)C2CCCN(C(=O)OC(C)(C)C)C2)c(Cl)n1. The van der Waals surface area contributed by atoms with Gasteiger partial charge in [-0.1, -0.05) is 11.6 Å². The van der Waals surface area contributed by atoms with Gasteiger partial charge in [-0.25, -0.2) is 9.78 Å². The first kappa shape index (κ1) is 19.5. The number of piperidine rings is 1. The van der Waals surface area contributed by atoms with E-state index in [2.05, 4.69) is 4.98 Å². The van der Waals surface area contributed by atoms with Crippen molar-refractivity contribution in [2.75, 3.05) is 20.1 Å². The molecule has 0 aliphatic carbocycles. The summed E-state index contributed by atoms with van der Waals surface area (Å²) in [6.07, 6.45) is 1.31. The summed E-state index contributed by atoms with van der Waals surface area (Å²) >= 11 is 6.12. The average Bonchev–Trinajstić information content (AvgIpc) is 2.52. The zero-order valence-corrected chi connectivity index (χ0v) is 16.3. The van der Waals surface area contributed by atoms with Crippen LogP contribution in [0.1, 0.15) is 49.7 Å². The van der Waals surface area contributed by atoms with Crippen LogP contribution in [0.15, 0.2) is 12.1 Å². The molecule has 25 heavy (non-hydrogen) atoms. The third kappa shape index (κ3) is 5.08. The van der Waals surface area contributed by atoms with E-state index in [1.54, 1.807) is 29.0 Å². The van der Waals surface area contributed by atoms with Gasteiger partial charge >= 0.3 is 6.09 Å². The molecule has 2 amide bonds. The van der Waals surface area contributed by atoms with Crippen LogP contribution in [0.4, 0.5) is 4.79 Å². The fraction of sp³-hybridized carbons (Fsp3) is 0.611. The predicted molar refractivity (Wildman–Crippen MR) is 96.9 cm³/mol. The van der Waals surface area contributed by atoms with Crippen molar-refractivity contribution in [1.82, 2.24) is 14.8 Å². The molecule has 1 aliphatic heterocycles. The molecule has 1 unspecified atom stereocenters. The van der Waals surface area contributed by atoms with E-state index in [1.165, 1.54) is 0 Å². The molecule has 1 aromatic heterocycles. The second kappa shape index (κ2) is 7.60. The molecule has 1 atom stereocenters. The Morgan fingerprint density at radius 2 is 2.04 bits per heavy atom. The van der Waals surface area contributed by atoms with Gasteiger partial charge in [0.25, 0.3) is 5.91 Å². The molecule has 0 aromatic carbocycles. The fourth-order valence-electron chi connectivity index (χ4n) is 2.80. The Morgan fingerprint density at radius 3 is 2.64 bits per heavy atom. The van der Waals surface area contributed by atoms with Crippen LogP contribution in [0.5, 0.6) is 0 Å². The third-order valence-corrected chi connectivity index (χ3v) is 4.42. The van der Waals surface area contributed by atoms with Gasteiger partial charge in [0.1, 0.15) is 10.8 Å². The van der Waals surface area contributed by atoms with E-state index in [-0.39, 0.29) is 23.2 Å². The summed E-state index contributed by atoms with van der Waals surface area (Å²) in [6.45, 7) is 8.44. The number of pyridine rings is 1. The van der Waals surface area contributed by atoms with E-state index < -0.39 is 5.60 Å². The summed E-state index contributed by atoms with van der Waals surface area (Å²) in [7, 11) is 1.74. The molecule has 6 nitrogen and oxygen atoms in total. The minimum absolute atomic E-state index is 0.0776. The standard InChI is InChI=1S/C18H26ClN3O3/c1-12-8-9-14(15(19)20-12)16(23)21(5)13-7-6-10-22(11-13)17(24)25-18(2,3)4/h8-9,13H,6-7,10-11H2,1-5H3. The highest BCUT2D eigenvalue weighted by Crippen LogP contribution is 2.22. The third-order valence-electron chi connectivity index (χ3n) is 4.13. The monoisotopic (exact) mass is 367 g/mol. The number of hydrogen-bond acceptors (Lipinski definition) is 4. The lowest BCUT2D eigenvalue weighted by Crippen LogP contribution is -2.51. The first-order valence-electron chi connectivity index (χ1n) is 8.46. The lowest BCUT2D eigenvalue weighted by atomic mass is 10.0. The molecule has 1 aromatic rings. The second-order valence-electron chi connectivity index (χ2n) is 7.43. The highest BCUT2D eigenvalue weighted by molar-refractivity contribution is 6.32. The van der Waals surface area contributed by atoms with Crippen LogP contribution in [0.3, 0.4) is 0 Å². The smallest absolute Gasteiger partial charge is 0.410 e. The zero-order valence-electron chi connectivity index (χ0n) is 15.5. The Bertz CT molecular complexity index is 657. The van der Waals surface area contributed by atoms with Crippen LogP contribution in [0.2, 0.25) is 5.15 Å². The number of halogens is 1. The summed E-state index contributed by atoms with van der Waals surface area (Å²) in [5.41, 5.74) is 0.606. The van der Waals surface area contributed by atoms with Crippen LogP contribution in [0.25, 0.3) is 0 Å². The van der Waals surface area contributed by atoms with Crippen molar-refractivity contribution in [3.05, 3.63) is 28.5 Å². The van der Waals surface area contributed by atoms with E-state index in [0.29, 0.717) is 18.7 Å². The number of rotatable bonds is 2. The summed E-state index contributed by atoms with van der Waals surface area (Å²) < 4.78 is 5.44. The van der Waals surface area contributed by atoms with Crippen LogP contribution in [0, 0.1) is 6.92 Å². The van der Waals surface area contributed by atoms with E-state index >= 15 is 0 Å². The molecular formula is C18H26ClN3O3. The van der Waals surface area contributed by atoms with Gasteiger partial charge < -0.3 is 14.5 Å². The maximum absolute atomic E-state index is 12.7.